The van der Waals surface area contributed by atoms with Crippen LogP contribution in [0, 0.1) is 12.8 Å². The first-order valence-corrected chi connectivity index (χ1v) is 9.01. The fourth-order valence-electron chi connectivity index (χ4n) is 3.96. The Hall–Kier alpha value is -2.05. The molecule has 0 aliphatic carbocycles. The Bertz CT molecular complexity index is 725. The molecule has 3 atom stereocenters. The van der Waals surface area contributed by atoms with E-state index >= 15 is 0 Å². The third-order valence-electron chi connectivity index (χ3n) is 5.21. The first kappa shape index (κ1) is 16.4. The second-order valence-corrected chi connectivity index (χ2v) is 6.93. The van der Waals surface area contributed by atoms with Crippen LogP contribution in [0.15, 0.2) is 30.6 Å². The van der Waals surface area contributed by atoms with Crippen molar-refractivity contribution < 1.29 is 9.84 Å². The normalized spacial score (nSPS) is 26.8. The molecule has 0 spiro atoms. The van der Waals surface area contributed by atoms with Crippen molar-refractivity contribution in [1.29, 1.82) is 0 Å². The minimum Gasteiger partial charge on any atom is -0.393 e. The minimum atomic E-state index is -0.292. The van der Waals surface area contributed by atoms with Gasteiger partial charge in [0.1, 0.15) is 5.82 Å². The summed E-state index contributed by atoms with van der Waals surface area (Å²) in [5.74, 6) is 1.79. The topological polar surface area (TPSA) is 71.4 Å². The van der Waals surface area contributed by atoms with Gasteiger partial charge in [-0.05, 0) is 38.3 Å². The van der Waals surface area contributed by atoms with Crippen molar-refractivity contribution in [3.8, 4) is 11.4 Å². The van der Waals surface area contributed by atoms with Gasteiger partial charge in [0.05, 0.1) is 12.7 Å². The van der Waals surface area contributed by atoms with Crippen LogP contribution in [0.2, 0.25) is 0 Å². The molecule has 1 N–H and O–H groups in total. The molecule has 2 saturated heterocycles. The number of anilines is 1. The van der Waals surface area contributed by atoms with E-state index in [1.165, 1.54) is 0 Å². The standard InChI is InChI=1S/C19H24N4O2/c1-13-10-18(22-19(21-13)14-4-2-7-20-11-14)23-8-3-5-16(23)15-12-25-9-6-17(15)24/h2,4,7,10-11,15-17,24H,3,5-6,8-9,12H2,1H3/t15-,16-,17-/m1/s1. The van der Waals surface area contributed by atoms with Gasteiger partial charge in [0.2, 0.25) is 0 Å². The van der Waals surface area contributed by atoms with E-state index in [9.17, 15) is 5.11 Å². The Kier molecular flexibility index (Phi) is 4.63. The van der Waals surface area contributed by atoms with Crippen LogP contribution >= 0.6 is 0 Å². The van der Waals surface area contributed by atoms with Gasteiger partial charge in [0.25, 0.3) is 0 Å². The van der Waals surface area contributed by atoms with Crippen molar-refractivity contribution in [2.45, 2.75) is 38.3 Å². The molecule has 0 bridgehead atoms. The summed E-state index contributed by atoms with van der Waals surface area (Å²) in [6.07, 6.45) is 6.15. The molecule has 0 saturated carbocycles. The number of hydrogen-bond acceptors (Lipinski definition) is 6. The van der Waals surface area contributed by atoms with Crippen molar-refractivity contribution in [2.24, 2.45) is 5.92 Å². The molecule has 4 heterocycles. The number of nitrogens with zero attached hydrogens (tertiary/aromatic N) is 4. The van der Waals surface area contributed by atoms with Crippen molar-refractivity contribution in [3.05, 3.63) is 36.3 Å². The van der Waals surface area contributed by atoms with Crippen LogP contribution in [0.4, 0.5) is 5.82 Å². The molecule has 25 heavy (non-hydrogen) atoms. The van der Waals surface area contributed by atoms with Crippen LogP contribution < -0.4 is 4.90 Å². The van der Waals surface area contributed by atoms with E-state index in [4.69, 9.17) is 9.72 Å². The van der Waals surface area contributed by atoms with Crippen LogP contribution in [-0.4, -0.2) is 52.0 Å². The molecule has 2 aliphatic heterocycles. The Morgan fingerprint density at radius 2 is 2.20 bits per heavy atom. The van der Waals surface area contributed by atoms with Gasteiger partial charge >= 0.3 is 0 Å². The molecule has 0 unspecified atom stereocenters. The molecule has 6 nitrogen and oxygen atoms in total. The maximum Gasteiger partial charge on any atom is 0.163 e. The van der Waals surface area contributed by atoms with Gasteiger partial charge in [-0.1, -0.05) is 0 Å². The maximum absolute atomic E-state index is 10.4. The summed E-state index contributed by atoms with van der Waals surface area (Å²) in [5, 5.41) is 10.4. The predicted molar refractivity (Wildman–Crippen MR) is 95.3 cm³/mol. The molecule has 0 aromatic carbocycles. The van der Waals surface area contributed by atoms with Crippen LogP contribution in [0.25, 0.3) is 11.4 Å². The first-order chi connectivity index (χ1) is 12.2. The lowest BCUT2D eigenvalue weighted by Crippen LogP contribution is -2.46. The van der Waals surface area contributed by atoms with E-state index in [-0.39, 0.29) is 18.1 Å². The molecule has 2 fully saturated rings. The highest BCUT2D eigenvalue weighted by Crippen LogP contribution is 2.33. The Morgan fingerprint density at radius 1 is 1.28 bits per heavy atom. The lowest BCUT2D eigenvalue weighted by atomic mass is 9.89. The Labute approximate surface area is 147 Å². The molecule has 2 aromatic rings. The third kappa shape index (κ3) is 3.37. The Morgan fingerprint density at radius 3 is 3.00 bits per heavy atom. The molecular weight excluding hydrogens is 316 g/mol. The van der Waals surface area contributed by atoms with E-state index in [2.05, 4.69) is 14.9 Å². The number of ether oxygens (including phenoxy) is 1. The zero-order valence-electron chi connectivity index (χ0n) is 14.5. The first-order valence-electron chi connectivity index (χ1n) is 9.01. The van der Waals surface area contributed by atoms with Gasteiger partial charge in [0.15, 0.2) is 5.82 Å². The number of hydrogen-bond donors (Lipinski definition) is 1. The summed E-state index contributed by atoms with van der Waals surface area (Å²) in [5.41, 5.74) is 1.86. The van der Waals surface area contributed by atoms with Crippen LogP contribution in [0.5, 0.6) is 0 Å². The van der Waals surface area contributed by atoms with E-state index in [1.807, 2.05) is 25.1 Å². The summed E-state index contributed by atoms with van der Waals surface area (Å²) < 4.78 is 5.64. The summed E-state index contributed by atoms with van der Waals surface area (Å²) in [7, 11) is 0. The predicted octanol–water partition coefficient (Wildman–Crippen LogP) is 2.21. The van der Waals surface area contributed by atoms with Gasteiger partial charge in [-0.3, -0.25) is 4.98 Å². The van der Waals surface area contributed by atoms with Gasteiger partial charge in [-0.2, -0.15) is 0 Å². The highest BCUT2D eigenvalue weighted by molar-refractivity contribution is 5.57. The van der Waals surface area contributed by atoms with Gasteiger partial charge in [-0.15, -0.1) is 0 Å². The quantitative estimate of drug-likeness (QED) is 0.924. The summed E-state index contributed by atoms with van der Waals surface area (Å²) in [6.45, 7) is 4.23. The molecule has 2 aliphatic rings. The second kappa shape index (κ2) is 7.06. The van der Waals surface area contributed by atoms with Gasteiger partial charge in [0, 0.05) is 54.8 Å². The van der Waals surface area contributed by atoms with E-state index in [1.54, 1.807) is 12.4 Å². The van der Waals surface area contributed by atoms with Crippen molar-refractivity contribution in [3.63, 3.8) is 0 Å². The SMILES string of the molecule is Cc1cc(N2CCC[C@@H]2[C@H]2COCC[C@H]2O)nc(-c2cccnc2)n1. The summed E-state index contributed by atoms with van der Waals surface area (Å²) in [6, 6.07) is 6.18. The monoisotopic (exact) mass is 340 g/mol. The molecular formula is C19H24N4O2. The van der Waals surface area contributed by atoms with Crippen LogP contribution in [0.3, 0.4) is 0 Å². The largest absolute Gasteiger partial charge is 0.393 e. The zero-order valence-corrected chi connectivity index (χ0v) is 14.5. The molecule has 6 heteroatoms. The average Bonchev–Trinajstić information content (AvgIpc) is 3.12. The molecule has 0 amide bonds. The van der Waals surface area contributed by atoms with Crippen LogP contribution in [0.1, 0.15) is 25.0 Å². The van der Waals surface area contributed by atoms with Gasteiger partial charge < -0.3 is 14.7 Å². The summed E-state index contributed by atoms with van der Waals surface area (Å²) >= 11 is 0. The molecule has 132 valence electrons. The second-order valence-electron chi connectivity index (χ2n) is 6.93. The number of rotatable bonds is 3. The van der Waals surface area contributed by atoms with E-state index in [0.29, 0.717) is 19.0 Å². The highest BCUT2D eigenvalue weighted by atomic mass is 16.5. The number of aliphatic hydroxyl groups is 1. The smallest absolute Gasteiger partial charge is 0.163 e. The third-order valence-corrected chi connectivity index (χ3v) is 5.21. The fraction of sp³-hybridized carbons (Fsp3) is 0.526. The number of aromatic nitrogens is 3. The number of pyridine rings is 1. The van der Waals surface area contributed by atoms with Crippen molar-refractivity contribution >= 4 is 5.82 Å². The van der Waals surface area contributed by atoms with Crippen molar-refractivity contribution in [2.75, 3.05) is 24.7 Å². The lowest BCUT2D eigenvalue weighted by Gasteiger charge is -2.37. The highest BCUT2D eigenvalue weighted by Gasteiger charge is 2.38. The van der Waals surface area contributed by atoms with Crippen molar-refractivity contribution in [1.82, 2.24) is 15.0 Å². The molecule has 2 aromatic heterocycles. The van der Waals surface area contributed by atoms with Gasteiger partial charge in [-0.25, -0.2) is 9.97 Å². The maximum atomic E-state index is 10.4. The zero-order chi connectivity index (χ0) is 17.2. The number of aliphatic hydroxyl groups excluding tert-OH is 1. The number of aryl methyl sites for hydroxylation is 1. The van der Waals surface area contributed by atoms with E-state index in [0.717, 1.165) is 42.9 Å². The van der Waals surface area contributed by atoms with Crippen LogP contribution in [-0.2, 0) is 4.74 Å². The molecule has 0 radical (unpaired) electrons. The minimum absolute atomic E-state index is 0.147. The van der Waals surface area contributed by atoms with E-state index < -0.39 is 0 Å². The lowest BCUT2D eigenvalue weighted by molar-refractivity contribution is -0.0438. The summed E-state index contributed by atoms with van der Waals surface area (Å²) in [4.78, 5) is 15.9. The fourth-order valence-corrected chi connectivity index (χ4v) is 3.96. The average molecular weight is 340 g/mol. The Balaban J connectivity index is 1.65. The molecule has 4 rings (SSSR count).